The number of amides is 1. The van der Waals surface area contributed by atoms with E-state index in [1.54, 1.807) is 23.1 Å². The molecule has 2 aromatic carbocycles. The fraction of sp³-hybridized carbons (Fsp3) is 0.316. The van der Waals surface area contributed by atoms with E-state index in [9.17, 15) is 13.6 Å². The Labute approximate surface area is 150 Å². The van der Waals surface area contributed by atoms with E-state index in [2.05, 4.69) is 5.32 Å². The minimum atomic E-state index is -0.890. The van der Waals surface area contributed by atoms with Crippen molar-refractivity contribution in [1.29, 1.82) is 0 Å². The van der Waals surface area contributed by atoms with E-state index < -0.39 is 11.6 Å². The smallest absolute Gasteiger partial charge is 0.238 e. The lowest BCUT2D eigenvalue weighted by molar-refractivity contribution is -0.117. The van der Waals surface area contributed by atoms with Gasteiger partial charge in [0.1, 0.15) is 13.2 Å². The molecule has 0 unspecified atom stereocenters. The third-order valence-corrected chi connectivity index (χ3v) is 4.07. The van der Waals surface area contributed by atoms with E-state index in [0.717, 1.165) is 6.07 Å². The third-order valence-electron chi connectivity index (χ3n) is 4.07. The average Bonchev–Trinajstić information content (AvgIpc) is 2.64. The second kappa shape index (κ2) is 8.14. The Bertz CT molecular complexity index is 798. The predicted octanol–water partition coefficient (Wildman–Crippen LogP) is 3.20. The molecule has 1 amide bonds. The highest BCUT2D eigenvalue weighted by Crippen LogP contribution is 2.32. The maximum atomic E-state index is 13.8. The minimum absolute atomic E-state index is 0.0564. The van der Waals surface area contributed by atoms with Crippen LogP contribution in [-0.4, -0.2) is 37.1 Å². The van der Waals surface area contributed by atoms with E-state index in [4.69, 9.17) is 9.47 Å². The number of likely N-dealkylation sites (N-methyl/N-ethyl adjacent to an activating group) is 1. The molecule has 0 saturated carbocycles. The summed E-state index contributed by atoms with van der Waals surface area (Å²) in [6, 6.07) is 9.22. The van der Waals surface area contributed by atoms with E-state index in [0.29, 0.717) is 36.9 Å². The highest BCUT2D eigenvalue weighted by atomic mass is 19.2. The number of hydrogen-bond acceptors (Lipinski definition) is 4. The summed E-state index contributed by atoms with van der Waals surface area (Å²) < 4.78 is 38.1. The van der Waals surface area contributed by atoms with Gasteiger partial charge in [-0.3, -0.25) is 9.69 Å². The molecule has 5 nitrogen and oxygen atoms in total. The quantitative estimate of drug-likeness (QED) is 0.857. The van der Waals surface area contributed by atoms with Gasteiger partial charge >= 0.3 is 0 Å². The summed E-state index contributed by atoms with van der Waals surface area (Å²) in [4.78, 5) is 14.0. The van der Waals surface area contributed by atoms with Crippen LogP contribution in [0.5, 0.6) is 11.5 Å². The first-order valence-electron chi connectivity index (χ1n) is 8.41. The van der Waals surface area contributed by atoms with Gasteiger partial charge in [-0.05, 0) is 24.7 Å². The van der Waals surface area contributed by atoms with Gasteiger partial charge < -0.3 is 14.8 Å². The lowest BCUT2D eigenvalue weighted by Gasteiger charge is -2.21. The van der Waals surface area contributed by atoms with Gasteiger partial charge in [0.25, 0.3) is 0 Å². The van der Waals surface area contributed by atoms with Crippen LogP contribution < -0.4 is 14.8 Å². The Balaban J connectivity index is 1.61. The second-order valence-electron chi connectivity index (χ2n) is 5.92. The normalized spacial score (nSPS) is 12.9. The number of anilines is 1. The Hall–Kier alpha value is -2.67. The predicted molar refractivity (Wildman–Crippen MR) is 93.4 cm³/mol. The van der Waals surface area contributed by atoms with Crippen LogP contribution in [0.2, 0.25) is 0 Å². The number of fused-ring (bicyclic) bond motifs is 1. The second-order valence-corrected chi connectivity index (χ2v) is 5.92. The molecule has 0 saturated heterocycles. The summed E-state index contributed by atoms with van der Waals surface area (Å²) in [6.45, 7) is 3.54. The van der Waals surface area contributed by atoms with E-state index >= 15 is 0 Å². The first-order chi connectivity index (χ1) is 12.6. The molecule has 2 aromatic rings. The highest BCUT2D eigenvalue weighted by molar-refractivity contribution is 5.92. The van der Waals surface area contributed by atoms with Crippen molar-refractivity contribution >= 4 is 11.6 Å². The van der Waals surface area contributed by atoms with Gasteiger partial charge in [0, 0.05) is 23.9 Å². The highest BCUT2D eigenvalue weighted by Gasteiger charge is 2.16. The molecular weight excluding hydrogens is 342 g/mol. The minimum Gasteiger partial charge on any atom is -0.486 e. The average molecular weight is 362 g/mol. The largest absolute Gasteiger partial charge is 0.486 e. The summed E-state index contributed by atoms with van der Waals surface area (Å²) in [5.41, 5.74) is 0.811. The number of hydrogen-bond donors (Lipinski definition) is 1. The van der Waals surface area contributed by atoms with E-state index in [-0.39, 0.29) is 24.6 Å². The van der Waals surface area contributed by atoms with Crippen molar-refractivity contribution in [3.05, 3.63) is 53.6 Å². The van der Waals surface area contributed by atoms with Gasteiger partial charge in [-0.1, -0.05) is 19.1 Å². The van der Waals surface area contributed by atoms with Gasteiger partial charge in [-0.15, -0.1) is 0 Å². The maximum absolute atomic E-state index is 13.8. The number of rotatable bonds is 6. The molecule has 26 heavy (non-hydrogen) atoms. The molecule has 1 aliphatic heterocycles. The van der Waals surface area contributed by atoms with Crippen LogP contribution in [0.1, 0.15) is 12.5 Å². The molecule has 1 N–H and O–H groups in total. The lowest BCUT2D eigenvalue weighted by Crippen LogP contribution is -2.33. The van der Waals surface area contributed by atoms with Crippen molar-refractivity contribution in [1.82, 2.24) is 4.90 Å². The number of nitrogens with one attached hydrogen (secondary N) is 1. The Kier molecular flexibility index (Phi) is 5.68. The number of halogens is 2. The molecule has 0 spiro atoms. The zero-order valence-corrected chi connectivity index (χ0v) is 14.4. The van der Waals surface area contributed by atoms with E-state index in [1.165, 1.54) is 12.1 Å². The first-order valence-corrected chi connectivity index (χ1v) is 8.41. The summed E-state index contributed by atoms with van der Waals surface area (Å²) in [7, 11) is 0. The Morgan fingerprint density at radius 2 is 1.92 bits per heavy atom. The van der Waals surface area contributed by atoms with E-state index in [1.807, 2.05) is 6.92 Å². The van der Waals surface area contributed by atoms with Crippen LogP contribution in [-0.2, 0) is 11.3 Å². The van der Waals surface area contributed by atoms with Crippen molar-refractivity contribution in [2.45, 2.75) is 13.5 Å². The zero-order chi connectivity index (χ0) is 18.5. The van der Waals surface area contributed by atoms with Crippen LogP contribution in [0.4, 0.5) is 14.5 Å². The van der Waals surface area contributed by atoms with Crippen molar-refractivity contribution in [2.75, 3.05) is 31.6 Å². The van der Waals surface area contributed by atoms with Gasteiger partial charge in [-0.25, -0.2) is 8.78 Å². The molecule has 1 heterocycles. The molecule has 0 fully saturated rings. The lowest BCUT2D eigenvalue weighted by atomic mass is 10.2. The van der Waals surface area contributed by atoms with Crippen LogP contribution in [0.15, 0.2) is 36.4 Å². The molecule has 3 rings (SSSR count). The van der Waals surface area contributed by atoms with Crippen LogP contribution in [0.25, 0.3) is 0 Å². The Morgan fingerprint density at radius 3 is 2.69 bits per heavy atom. The first kappa shape index (κ1) is 18.1. The molecule has 0 aromatic heterocycles. The SMILES string of the molecule is CCN(CC(=O)Nc1ccc2c(c1)OCCO2)Cc1cccc(F)c1F. The molecule has 0 radical (unpaired) electrons. The van der Waals surface area contributed by atoms with Crippen molar-refractivity contribution in [3.8, 4) is 11.5 Å². The summed E-state index contributed by atoms with van der Waals surface area (Å²) in [5, 5.41) is 2.78. The third kappa shape index (κ3) is 4.29. The molecule has 138 valence electrons. The standard InChI is InChI=1S/C19H20F2N2O3/c1-2-23(11-13-4-3-5-15(20)19(13)21)12-18(24)22-14-6-7-16-17(10-14)26-9-8-25-16/h3-7,10H,2,8-9,11-12H2,1H3,(H,22,24). The van der Waals surface area contributed by atoms with Gasteiger partial charge in [-0.2, -0.15) is 0 Å². The van der Waals surface area contributed by atoms with Crippen LogP contribution in [0, 0.1) is 11.6 Å². The summed E-state index contributed by atoms with van der Waals surface area (Å²) in [5.74, 6) is -0.785. The monoisotopic (exact) mass is 362 g/mol. The number of nitrogens with zero attached hydrogens (tertiary/aromatic N) is 1. The molecule has 0 aliphatic carbocycles. The number of carbonyl (C=O) groups excluding carboxylic acids is 1. The van der Waals surface area contributed by atoms with Crippen molar-refractivity contribution in [2.24, 2.45) is 0 Å². The van der Waals surface area contributed by atoms with Gasteiger partial charge in [0.15, 0.2) is 23.1 Å². The summed E-state index contributed by atoms with van der Waals surface area (Å²) in [6.07, 6.45) is 0. The maximum Gasteiger partial charge on any atom is 0.238 e. The zero-order valence-electron chi connectivity index (χ0n) is 14.4. The van der Waals surface area contributed by atoms with Crippen LogP contribution >= 0.6 is 0 Å². The summed E-state index contributed by atoms with van der Waals surface area (Å²) >= 11 is 0. The number of ether oxygens (including phenoxy) is 2. The van der Waals surface area contributed by atoms with Gasteiger partial charge in [0.05, 0.1) is 6.54 Å². The van der Waals surface area contributed by atoms with Crippen LogP contribution in [0.3, 0.4) is 0 Å². The molecule has 0 bridgehead atoms. The van der Waals surface area contributed by atoms with Gasteiger partial charge in [0.2, 0.25) is 5.91 Å². The van der Waals surface area contributed by atoms with Crippen molar-refractivity contribution in [3.63, 3.8) is 0 Å². The Morgan fingerprint density at radius 1 is 1.15 bits per heavy atom. The fourth-order valence-electron chi connectivity index (χ4n) is 2.72. The number of carbonyl (C=O) groups is 1. The molecular formula is C19H20F2N2O3. The van der Waals surface area contributed by atoms with Crippen molar-refractivity contribution < 1.29 is 23.0 Å². The molecule has 1 aliphatic rings. The molecule has 0 atom stereocenters. The topological polar surface area (TPSA) is 50.8 Å². The molecule has 7 heteroatoms. The number of benzene rings is 2. The fourth-order valence-corrected chi connectivity index (χ4v) is 2.72.